The van der Waals surface area contributed by atoms with Gasteiger partial charge in [0.1, 0.15) is 0 Å². The minimum Gasteiger partial charge on any atom is -0.503 e. The Morgan fingerprint density at radius 2 is 1.78 bits per heavy atom. The SMILES string of the molecule is CCc1ccc(C2C(C(=O)c3cccs3)=C(O)C(=O)N2c2nnc(SCc3ccc(C)cc3)s2)cc1. The number of anilines is 1. The first-order valence-corrected chi connectivity index (χ1v) is 14.1. The van der Waals surface area contributed by atoms with E-state index in [-0.39, 0.29) is 11.4 Å². The van der Waals surface area contributed by atoms with E-state index in [0.717, 1.165) is 28.9 Å². The summed E-state index contributed by atoms with van der Waals surface area (Å²) in [5.74, 6) is -0.828. The molecule has 182 valence electrons. The van der Waals surface area contributed by atoms with E-state index in [1.54, 1.807) is 17.5 Å². The maximum absolute atomic E-state index is 13.4. The van der Waals surface area contributed by atoms with Gasteiger partial charge in [-0.05, 0) is 41.5 Å². The quantitative estimate of drug-likeness (QED) is 0.157. The van der Waals surface area contributed by atoms with Crippen LogP contribution < -0.4 is 4.90 Å². The van der Waals surface area contributed by atoms with E-state index in [0.29, 0.717) is 14.3 Å². The molecule has 0 fully saturated rings. The van der Waals surface area contributed by atoms with Crippen LogP contribution in [0.25, 0.3) is 0 Å². The van der Waals surface area contributed by atoms with Gasteiger partial charge in [0.2, 0.25) is 10.9 Å². The molecule has 1 aliphatic heterocycles. The van der Waals surface area contributed by atoms with E-state index >= 15 is 0 Å². The second-order valence-electron chi connectivity index (χ2n) is 8.37. The summed E-state index contributed by atoms with van der Waals surface area (Å²) in [5, 5.41) is 21.6. The first-order chi connectivity index (χ1) is 17.5. The number of aryl methyl sites for hydroxylation is 2. The average molecular weight is 534 g/mol. The number of aliphatic hydroxyl groups excluding tert-OH is 1. The van der Waals surface area contributed by atoms with Gasteiger partial charge in [0.25, 0.3) is 5.91 Å². The van der Waals surface area contributed by atoms with Crippen molar-refractivity contribution in [3.8, 4) is 0 Å². The van der Waals surface area contributed by atoms with E-state index in [9.17, 15) is 14.7 Å². The van der Waals surface area contributed by atoms with Crippen molar-refractivity contribution in [2.24, 2.45) is 0 Å². The summed E-state index contributed by atoms with van der Waals surface area (Å²) in [6.07, 6.45) is 0.869. The fraction of sp³-hybridized carbons (Fsp3) is 0.185. The van der Waals surface area contributed by atoms with E-state index < -0.39 is 17.7 Å². The zero-order valence-corrected chi connectivity index (χ0v) is 22.1. The molecule has 1 aliphatic rings. The molecule has 9 heteroatoms. The first-order valence-electron chi connectivity index (χ1n) is 11.4. The van der Waals surface area contributed by atoms with Gasteiger partial charge in [-0.2, -0.15) is 0 Å². The molecular formula is C27H23N3O3S3. The summed E-state index contributed by atoms with van der Waals surface area (Å²) < 4.78 is 0.705. The number of hydrogen-bond donors (Lipinski definition) is 1. The Morgan fingerprint density at radius 3 is 2.44 bits per heavy atom. The Kier molecular flexibility index (Phi) is 7.04. The van der Waals surface area contributed by atoms with Gasteiger partial charge in [-0.15, -0.1) is 21.5 Å². The minimum absolute atomic E-state index is 0.0655. The Labute approximate surface area is 221 Å². The predicted molar refractivity (Wildman–Crippen MR) is 145 cm³/mol. The summed E-state index contributed by atoms with van der Waals surface area (Å²) in [6.45, 7) is 4.11. The van der Waals surface area contributed by atoms with Crippen LogP contribution in [0.1, 0.15) is 44.9 Å². The van der Waals surface area contributed by atoms with Crippen molar-refractivity contribution in [1.82, 2.24) is 10.2 Å². The van der Waals surface area contributed by atoms with Crippen molar-refractivity contribution in [2.75, 3.05) is 4.90 Å². The molecule has 1 N–H and O–H groups in total. The lowest BCUT2D eigenvalue weighted by atomic mass is 9.94. The van der Waals surface area contributed by atoms with Crippen molar-refractivity contribution >= 4 is 51.3 Å². The number of carbonyl (C=O) groups excluding carboxylic acids is 2. The lowest BCUT2D eigenvalue weighted by Gasteiger charge is -2.24. The smallest absolute Gasteiger partial charge is 0.296 e. The normalized spacial score (nSPS) is 15.7. The molecule has 6 nitrogen and oxygen atoms in total. The molecule has 0 spiro atoms. The Morgan fingerprint density at radius 1 is 1.06 bits per heavy atom. The molecule has 0 radical (unpaired) electrons. The lowest BCUT2D eigenvalue weighted by molar-refractivity contribution is -0.117. The first kappa shape index (κ1) is 24.4. The van der Waals surface area contributed by atoms with Crippen LogP contribution in [0.5, 0.6) is 0 Å². The number of thiophene rings is 1. The van der Waals surface area contributed by atoms with Crippen molar-refractivity contribution < 1.29 is 14.7 Å². The van der Waals surface area contributed by atoms with Crippen LogP contribution in [0.3, 0.4) is 0 Å². The fourth-order valence-electron chi connectivity index (χ4n) is 4.01. The number of benzene rings is 2. The summed E-state index contributed by atoms with van der Waals surface area (Å²) in [6, 6.07) is 18.7. The van der Waals surface area contributed by atoms with Gasteiger partial charge in [-0.1, -0.05) is 90.2 Å². The van der Waals surface area contributed by atoms with Crippen LogP contribution in [-0.4, -0.2) is 27.0 Å². The molecule has 2 aromatic carbocycles. The van der Waals surface area contributed by atoms with Gasteiger partial charge in [0.05, 0.1) is 16.5 Å². The highest BCUT2D eigenvalue weighted by atomic mass is 32.2. The van der Waals surface area contributed by atoms with Crippen LogP contribution in [-0.2, 0) is 17.0 Å². The summed E-state index contributed by atoms with van der Waals surface area (Å²) in [5.41, 5.74) is 4.30. The van der Waals surface area contributed by atoms with Crippen molar-refractivity contribution in [3.05, 3.63) is 105 Å². The highest BCUT2D eigenvalue weighted by Crippen LogP contribution is 2.44. The van der Waals surface area contributed by atoms with Crippen LogP contribution in [0, 0.1) is 6.92 Å². The second kappa shape index (κ2) is 10.4. The van der Waals surface area contributed by atoms with Crippen LogP contribution in [0.2, 0.25) is 0 Å². The van der Waals surface area contributed by atoms with Gasteiger partial charge in [0, 0.05) is 5.75 Å². The van der Waals surface area contributed by atoms with E-state index in [2.05, 4.69) is 41.4 Å². The van der Waals surface area contributed by atoms with Gasteiger partial charge in [-0.25, -0.2) is 0 Å². The standard InChI is InChI=1S/C27H23N3O3S3/c1-3-17-10-12-19(13-11-17)22-21(23(31)20-5-4-14-34-20)24(32)25(33)30(22)26-28-29-27(36-26)35-15-18-8-6-16(2)7-9-18/h4-14,22,32H,3,15H2,1-2H3. The fourth-order valence-corrected chi connectivity index (χ4v) is 6.51. The molecular weight excluding hydrogens is 511 g/mol. The number of thioether (sulfide) groups is 1. The number of hydrogen-bond acceptors (Lipinski definition) is 8. The molecule has 0 aliphatic carbocycles. The minimum atomic E-state index is -0.791. The zero-order valence-electron chi connectivity index (χ0n) is 19.7. The average Bonchev–Trinajstić information content (AvgIpc) is 3.64. The molecule has 1 amide bonds. The molecule has 0 saturated carbocycles. The van der Waals surface area contributed by atoms with Crippen LogP contribution >= 0.6 is 34.4 Å². The third-order valence-corrected chi connectivity index (χ3v) is 8.98. The third kappa shape index (κ3) is 4.74. The number of aliphatic hydroxyl groups is 1. The Bertz CT molecular complexity index is 1430. The Hall–Kier alpha value is -3.27. The highest BCUT2D eigenvalue weighted by Gasteiger charge is 2.46. The molecule has 36 heavy (non-hydrogen) atoms. The lowest BCUT2D eigenvalue weighted by Crippen LogP contribution is -2.31. The van der Waals surface area contributed by atoms with Crippen LogP contribution in [0.15, 0.2) is 81.7 Å². The second-order valence-corrected chi connectivity index (χ2v) is 11.5. The van der Waals surface area contributed by atoms with Crippen LogP contribution in [0.4, 0.5) is 5.13 Å². The van der Waals surface area contributed by atoms with E-state index in [4.69, 9.17) is 0 Å². The molecule has 0 bridgehead atoms. The number of carbonyl (C=O) groups is 2. The summed E-state index contributed by atoms with van der Waals surface area (Å²) in [4.78, 5) is 28.6. The monoisotopic (exact) mass is 533 g/mol. The molecule has 3 heterocycles. The Balaban J connectivity index is 1.48. The molecule has 2 aromatic heterocycles. The zero-order chi connectivity index (χ0) is 25.2. The maximum Gasteiger partial charge on any atom is 0.296 e. The van der Waals surface area contributed by atoms with E-state index in [1.165, 1.54) is 44.9 Å². The van der Waals surface area contributed by atoms with Gasteiger partial charge in [-0.3, -0.25) is 14.5 Å². The van der Waals surface area contributed by atoms with Crippen molar-refractivity contribution in [3.63, 3.8) is 0 Å². The van der Waals surface area contributed by atoms with Gasteiger partial charge in [0.15, 0.2) is 10.1 Å². The topological polar surface area (TPSA) is 83.4 Å². The molecule has 0 saturated heterocycles. The molecule has 1 atom stereocenters. The summed E-state index contributed by atoms with van der Waals surface area (Å²) >= 11 is 4.09. The number of aromatic nitrogens is 2. The largest absolute Gasteiger partial charge is 0.503 e. The van der Waals surface area contributed by atoms with E-state index in [1.807, 2.05) is 31.2 Å². The van der Waals surface area contributed by atoms with Gasteiger partial charge < -0.3 is 5.11 Å². The number of rotatable bonds is 8. The number of Topliss-reactive ketones (excluding diaryl/α,β-unsaturated/α-hetero) is 1. The number of ketones is 1. The maximum atomic E-state index is 13.4. The van der Waals surface area contributed by atoms with Crippen molar-refractivity contribution in [1.29, 1.82) is 0 Å². The number of nitrogens with zero attached hydrogens (tertiary/aromatic N) is 3. The molecule has 5 rings (SSSR count). The molecule has 4 aromatic rings. The predicted octanol–water partition coefficient (Wildman–Crippen LogP) is 6.55. The van der Waals surface area contributed by atoms with Crippen molar-refractivity contribution in [2.45, 2.75) is 36.4 Å². The highest BCUT2D eigenvalue weighted by molar-refractivity contribution is 8.00. The summed E-state index contributed by atoms with van der Waals surface area (Å²) in [7, 11) is 0. The molecule has 1 unspecified atom stereocenters. The van der Waals surface area contributed by atoms with Gasteiger partial charge >= 0.3 is 0 Å². The number of amides is 1. The third-order valence-electron chi connectivity index (χ3n) is 5.99.